The van der Waals surface area contributed by atoms with Gasteiger partial charge in [0.15, 0.2) is 0 Å². The second-order valence-electron chi connectivity index (χ2n) is 3.56. The maximum atomic E-state index is 2.24. The minimum atomic E-state index is 1.31. The average Bonchev–Trinajstić information content (AvgIpc) is 2.33. The first-order chi connectivity index (χ1) is 7.81. The molecule has 0 heterocycles. The molecule has 0 N–H and O–H groups in total. The average molecular weight is 212 g/mol. The maximum Gasteiger partial charge on any atom is -0.0178 e. The van der Waals surface area contributed by atoms with E-state index in [4.69, 9.17) is 0 Å². The van der Waals surface area contributed by atoms with E-state index in [2.05, 4.69) is 62.4 Å². The van der Waals surface area contributed by atoms with Gasteiger partial charge in [-0.2, -0.15) is 0 Å². The van der Waals surface area contributed by atoms with E-state index in [9.17, 15) is 0 Å². The third-order valence-corrected chi connectivity index (χ3v) is 2.48. The van der Waals surface area contributed by atoms with Gasteiger partial charge in [0.1, 0.15) is 0 Å². The van der Waals surface area contributed by atoms with Gasteiger partial charge in [-0.15, -0.1) is 0 Å². The third kappa shape index (κ3) is 2.73. The lowest BCUT2D eigenvalue weighted by molar-refractivity contribution is 1.47. The minimum Gasteiger partial charge on any atom is -0.0871 e. The summed E-state index contributed by atoms with van der Waals surface area (Å²) in [5.74, 6) is 0. The van der Waals surface area contributed by atoms with Crippen molar-refractivity contribution in [3.8, 4) is 0 Å². The Morgan fingerprint density at radius 3 is 2.06 bits per heavy atom. The standard InChI is InChI=1S/C14H14.C2H6/c1-3-6-12-10-14-8-5-4-7-13(14)9-11(12)2;1-2/h3-10H,1-2H3;1-2H3/b6-3-;. The normalized spacial score (nSPS) is 10.2. The Hall–Kier alpha value is -1.56. The number of hydrogen-bond donors (Lipinski definition) is 0. The van der Waals surface area contributed by atoms with E-state index in [1.54, 1.807) is 0 Å². The van der Waals surface area contributed by atoms with Gasteiger partial charge in [0.05, 0.1) is 0 Å². The predicted molar refractivity (Wildman–Crippen MR) is 74.7 cm³/mol. The summed E-state index contributed by atoms with van der Waals surface area (Å²) in [6, 6.07) is 13.0. The molecule has 0 aliphatic heterocycles. The summed E-state index contributed by atoms with van der Waals surface area (Å²) in [7, 11) is 0. The van der Waals surface area contributed by atoms with Crippen molar-refractivity contribution in [2.45, 2.75) is 27.7 Å². The summed E-state index contributed by atoms with van der Waals surface area (Å²) in [6.07, 6.45) is 4.23. The van der Waals surface area contributed by atoms with Crippen LogP contribution in [0.3, 0.4) is 0 Å². The molecule has 0 aliphatic rings. The fourth-order valence-corrected chi connectivity index (χ4v) is 1.73. The van der Waals surface area contributed by atoms with Gasteiger partial charge < -0.3 is 0 Å². The van der Waals surface area contributed by atoms with Crippen LogP contribution < -0.4 is 0 Å². The molecule has 0 aliphatic carbocycles. The van der Waals surface area contributed by atoms with Crippen LogP contribution >= 0.6 is 0 Å². The van der Waals surface area contributed by atoms with Crippen molar-refractivity contribution in [3.05, 3.63) is 53.6 Å². The summed E-state index contributed by atoms with van der Waals surface area (Å²) < 4.78 is 0. The third-order valence-electron chi connectivity index (χ3n) is 2.48. The Labute approximate surface area is 98.6 Å². The van der Waals surface area contributed by atoms with Crippen molar-refractivity contribution < 1.29 is 0 Å². The monoisotopic (exact) mass is 212 g/mol. The lowest BCUT2D eigenvalue weighted by Crippen LogP contribution is -1.81. The molecule has 0 unspecified atom stereocenters. The Balaban J connectivity index is 0.000000606. The van der Waals surface area contributed by atoms with Gasteiger partial charge >= 0.3 is 0 Å². The van der Waals surface area contributed by atoms with Crippen LogP contribution in [0.15, 0.2) is 42.5 Å². The van der Waals surface area contributed by atoms with E-state index < -0.39 is 0 Å². The molecule has 0 saturated heterocycles. The molecule has 0 saturated carbocycles. The second kappa shape index (κ2) is 6.12. The molecule has 84 valence electrons. The van der Waals surface area contributed by atoms with Crippen LogP contribution in [0.2, 0.25) is 0 Å². The molecule has 0 fully saturated rings. The predicted octanol–water partition coefficient (Wildman–Crippen LogP) is 5.21. The van der Waals surface area contributed by atoms with Crippen molar-refractivity contribution >= 4 is 16.8 Å². The van der Waals surface area contributed by atoms with Crippen LogP contribution in [0.4, 0.5) is 0 Å². The fourth-order valence-electron chi connectivity index (χ4n) is 1.73. The van der Waals surface area contributed by atoms with Gasteiger partial charge in [0, 0.05) is 0 Å². The van der Waals surface area contributed by atoms with Crippen molar-refractivity contribution in [2.75, 3.05) is 0 Å². The number of rotatable bonds is 1. The lowest BCUT2D eigenvalue weighted by atomic mass is 10.0. The van der Waals surface area contributed by atoms with Crippen molar-refractivity contribution in [1.82, 2.24) is 0 Å². The summed E-state index contributed by atoms with van der Waals surface area (Å²) in [6.45, 7) is 8.20. The topological polar surface area (TPSA) is 0 Å². The molecule has 2 aromatic rings. The highest BCUT2D eigenvalue weighted by molar-refractivity contribution is 5.85. The molecule has 0 heteroatoms. The highest BCUT2D eigenvalue weighted by Gasteiger charge is 1.97. The molecule has 16 heavy (non-hydrogen) atoms. The largest absolute Gasteiger partial charge is 0.0871 e. The quantitative estimate of drug-likeness (QED) is 0.609. The first kappa shape index (κ1) is 12.5. The zero-order valence-electron chi connectivity index (χ0n) is 10.6. The summed E-state index contributed by atoms with van der Waals surface area (Å²) in [5.41, 5.74) is 2.65. The van der Waals surface area contributed by atoms with E-state index in [-0.39, 0.29) is 0 Å². The van der Waals surface area contributed by atoms with E-state index in [1.165, 1.54) is 21.9 Å². The molecular weight excluding hydrogens is 192 g/mol. The molecule has 0 atom stereocenters. The van der Waals surface area contributed by atoms with Gasteiger partial charge in [-0.25, -0.2) is 0 Å². The van der Waals surface area contributed by atoms with Gasteiger partial charge in [-0.1, -0.05) is 56.3 Å². The van der Waals surface area contributed by atoms with Crippen LogP contribution in [-0.2, 0) is 0 Å². The van der Waals surface area contributed by atoms with Crippen LogP contribution in [0.1, 0.15) is 31.9 Å². The Morgan fingerprint density at radius 1 is 0.938 bits per heavy atom. The van der Waals surface area contributed by atoms with Crippen LogP contribution in [0, 0.1) is 6.92 Å². The number of hydrogen-bond acceptors (Lipinski definition) is 0. The summed E-state index contributed by atoms with van der Waals surface area (Å²) >= 11 is 0. The van der Waals surface area contributed by atoms with Gasteiger partial charge in [-0.3, -0.25) is 0 Å². The Morgan fingerprint density at radius 2 is 1.50 bits per heavy atom. The summed E-state index contributed by atoms with van der Waals surface area (Å²) in [5, 5.41) is 2.63. The molecule has 0 bridgehead atoms. The molecule has 0 nitrogen and oxygen atoms in total. The highest BCUT2D eigenvalue weighted by atomic mass is 14.0. The van der Waals surface area contributed by atoms with Crippen LogP contribution in [0.5, 0.6) is 0 Å². The van der Waals surface area contributed by atoms with E-state index >= 15 is 0 Å². The van der Waals surface area contributed by atoms with E-state index in [1.807, 2.05) is 13.8 Å². The maximum absolute atomic E-state index is 2.24. The van der Waals surface area contributed by atoms with Gasteiger partial charge in [-0.05, 0) is 41.8 Å². The number of aryl methyl sites for hydroxylation is 1. The molecule has 0 amide bonds. The highest BCUT2D eigenvalue weighted by Crippen LogP contribution is 2.20. The van der Waals surface area contributed by atoms with E-state index in [0.717, 1.165) is 0 Å². The van der Waals surface area contributed by atoms with Crippen LogP contribution in [-0.4, -0.2) is 0 Å². The SMILES string of the molecule is C/C=C\c1cc2ccccc2cc1C.CC. The molecule has 2 aromatic carbocycles. The van der Waals surface area contributed by atoms with Gasteiger partial charge in [0.25, 0.3) is 0 Å². The first-order valence-corrected chi connectivity index (χ1v) is 5.93. The summed E-state index contributed by atoms with van der Waals surface area (Å²) in [4.78, 5) is 0. The zero-order chi connectivity index (χ0) is 12.0. The zero-order valence-corrected chi connectivity index (χ0v) is 10.6. The van der Waals surface area contributed by atoms with Crippen molar-refractivity contribution in [2.24, 2.45) is 0 Å². The second-order valence-corrected chi connectivity index (χ2v) is 3.56. The molecular formula is C16H20. The first-order valence-electron chi connectivity index (χ1n) is 5.93. The Kier molecular flexibility index (Phi) is 4.78. The smallest absolute Gasteiger partial charge is 0.0178 e. The molecule has 2 rings (SSSR count). The van der Waals surface area contributed by atoms with Crippen molar-refractivity contribution in [3.63, 3.8) is 0 Å². The van der Waals surface area contributed by atoms with Crippen LogP contribution in [0.25, 0.3) is 16.8 Å². The van der Waals surface area contributed by atoms with Gasteiger partial charge in [0.2, 0.25) is 0 Å². The lowest BCUT2D eigenvalue weighted by Gasteiger charge is -2.03. The minimum absolute atomic E-state index is 1.31. The molecule has 0 radical (unpaired) electrons. The fraction of sp³-hybridized carbons (Fsp3) is 0.250. The van der Waals surface area contributed by atoms with E-state index in [0.29, 0.717) is 0 Å². The number of allylic oxidation sites excluding steroid dienone is 1. The molecule has 0 aromatic heterocycles. The van der Waals surface area contributed by atoms with Crippen molar-refractivity contribution in [1.29, 1.82) is 0 Å². The number of benzene rings is 2. The Bertz CT molecular complexity index is 478. The number of fused-ring (bicyclic) bond motifs is 1. The molecule has 0 spiro atoms.